The molecule has 84 valence electrons. The van der Waals surface area contributed by atoms with E-state index in [0.29, 0.717) is 5.02 Å². The van der Waals surface area contributed by atoms with Crippen molar-refractivity contribution in [3.8, 4) is 5.69 Å². The van der Waals surface area contributed by atoms with E-state index in [0.717, 1.165) is 22.5 Å². The van der Waals surface area contributed by atoms with Crippen molar-refractivity contribution < 1.29 is 5.11 Å². The van der Waals surface area contributed by atoms with Crippen LogP contribution in [0.1, 0.15) is 16.8 Å². The highest BCUT2D eigenvalue weighted by Crippen LogP contribution is 2.19. The summed E-state index contributed by atoms with van der Waals surface area (Å²) >= 11 is 5.97. The van der Waals surface area contributed by atoms with Gasteiger partial charge in [0.1, 0.15) is 0 Å². The summed E-state index contributed by atoms with van der Waals surface area (Å²) < 4.78 is 1.76. The fourth-order valence-corrected chi connectivity index (χ4v) is 1.77. The lowest BCUT2D eigenvalue weighted by molar-refractivity contribution is 0.282. The number of aliphatic hydroxyl groups is 1. The number of aliphatic hydroxyl groups excluding tert-OH is 1. The summed E-state index contributed by atoms with van der Waals surface area (Å²) in [6.07, 6.45) is 1.79. The quantitative estimate of drug-likeness (QED) is 0.871. The molecule has 0 aliphatic carbocycles. The van der Waals surface area contributed by atoms with E-state index >= 15 is 0 Å². The lowest BCUT2D eigenvalue weighted by atomic mass is 10.1. The molecule has 4 heteroatoms. The summed E-state index contributed by atoms with van der Waals surface area (Å²) in [5.41, 5.74) is 3.75. The molecule has 0 saturated carbocycles. The molecule has 0 radical (unpaired) electrons. The third kappa shape index (κ3) is 1.96. The first-order chi connectivity index (χ1) is 7.61. The molecular formula is C12H13ClN2O. The maximum absolute atomic E-state index is 9.03. The normalized spacial score (nSPS) is 10.8. The number of aromatic nitrogens is 2. The van der Waals surface area contributed by atoms with Crippen LogP contribution in [0.4, 0.5) is 0 Å². The minimum Gasteiger partial charge on any atom is -0.392 e. The second-order valence-electron chi connectivity index (χ2n) is 3.79. The molecule has 1 aromatic heterocycles. The molecule has 0 aliphatic rings. The van der Waals surface area contributed by atoms with Crippen molar-refractivity contribution in [3.63, 3.8) is 0 Å². The first-order valence-electron chi connectivity index (χ1n) is 5.04. The summed E-state index contributed by atoms with van der Waals surface area (Å²) in [4.78, 5) is 0. The van der Waals surface area contributed by atoms with Gasteiger partial charge in [-0.1, -0.05) is 23.7 Å². The Labute approximate surface area is 99.3 Å². The van der Waals surface area contributed by atoms with Gasteiger partial charge in [-0.3, -0.25) is 0 Å². The molecule has 0 amide bonds. The number of halogens is 1. The van der Waals surface area contributed by atoms with Gasteiger partial charge in [-0.15, -0.1) is 0 Å². The zero-order valence-electron chi connectivity index (χ0n) is 9.24. The van der Waals surface area contributed by atoms with Crippen LogP contribution < -0.4 is 0 Å². The summed E-state index contributed by atoms with van der Waals surface area (Å²) in [5, 5.41) is 14.0. The van der Waals surface area contributed by atoms with Crippen LogP contribution in [0.25, 0.3) is 5.69 Å². The summed E-state index contributed by atoms with van der Waals surface area (Å²) in [6.45, 7) is 3.91. The van der Waals surface area contributed by atoms with E-state index in [1.54, 1.807) is 10.9 Å². The lowest BCUT2D eigenvalue weighted by Gasteiger charge is -2.07. The van der Waals surface area contributed by atoms with Gasteiger partial charge < -0.3 is 5.11 Å². The van der Waals surface area contributed by atoms with Gasteiger partial charge in [-0.05, 0) is 31.0 Å². The third-order valence-corrected chi connectivity index (χ3v) is 2.90. The lowest BCUT2D eigenvalue weighted by Crippen LogP contribution is -1.99. The number of hydrogen-bond donors (Lipinski definition) is 1. The van der Waals surface area contributed by atoms with Gasteiger partial charge in [-0.2, -0.15) is 5.10 Å². The molecule has 0 bridgehead atoms. The van der Waals surface area contributed by atoms with Crippen LogP contribution in [0.3, 0.4) is 0 Å². The summed E-state index contributed by atoms with van der Waals surface area (Å²) in [6, 6.07) is 5.76. The van der Waals surface area contributed by atoms with Crippen LogP contribution in [0.2, 0.25) is 5.02 Å². The van der Waals surface area contributed by atoms with Gasteiger partial charge in [0.25, 0.3) is 0 Å². The first kappa shape index (κ1) is 11.2. The van der Waals surface area contributed by atoms with Gasteiger partial charge in [0.2, 0.25) is 0 Å². The Hall–Kier alpha value is -1.32. The van der Waals surface area contributed by atoms with Crippen LogP contribution in [-0.2, 0) is 6.61 Å². The molecule has 0 fully saturated rings. The topological polar surface area (TPSA) is 38.0 Å². The fraction of sp³-hybridized carbons (Fsp3) is 0.250. The van der Waals surface area contributed by atoms with E-state index in [2.05, 4.69) is 5.10 Å². The smallest absolute Gasteiger partial charge is 0.0819 e. The highest BCUT2D eigenvalue weighted by Gasteiger charge is 2.06. The molecule has 0 atom stereocenters. The van der Waals surface area contributed by atoms with E-state index in [1.165, 1.54) is 0 Å². The number of nitrogens with zero attached hydrogens (tertiary/aromatic N) is 2. The molecule has 0 aliphatic heterocycles. The molecular weight excluding hydrogens is 224 g/mol. The van der Waals surface area contributed by atoms with E-state index in [9.17, 15) is 0 Å². The van der Waals surface area contributed by atoms with Crippen LogP contribution in [0.15, 0.2) is 24.4 Å². The molecule has 0 spiro atoms. The highest BCUT2D eigenvalue weighted by molar-refractivity contribution is 6.31. The number of hydrogen-bond acceptors (Lipinski definition) is 2. The standard InChI is InChI=1S/C12H13ClN2O/c1-8-5-10(7-16)3-4-12(8)15-6-11(13)9(2)14-15/h3-6,16H,7H2,1-2H3. The van der Waals surface area contributed by atoms with E-state index in [-0.39, 0.29) is 6.61 Å². The van der Waals surface area contributed by atoms with Crippen LogP contribution in [-0.4, -0.2) is 14.9 Å². The second-order valence-corrected chi connectivity index (χ2v) is 4.19. The average Bonchev–Trinajstić information content (AvgIpc) is 2.58. The minimum absolute atomic E-state index is 0.0556. The van der Waals surface area contributed by atoms with E-state index < -0.39 is 0 Å². The van der Waals surface area contributed by atoms with Crippen molar-refractivity contribution in [1.29, 1.82) is 0 Å². The zero-order valence-corrected chi connectivity index (χ0v) is 9.99. The largest absolute Gasteiger partial charge is 0.392 e. The summed E-state index contributed by atoms with van der Waals surface area (Å²) in [5.74, 6) is 0. The average molecular weight is 237 g/mol. The monoisotopic (exact) mass is 236 g/mol. The molecule has 2 aromatic rings. The van der Waals surface area contributed by atoms with Crippen molar-refractivity contribution in [2.75, 3.05) is 0 Å². The minimum atomic E-state index is 0.0556. The molecule has 2 rings (SSSR count). The molecule has 16 heavy (non-hydrogen) atoms. The van der Waals surface area contributed by atoms with Crippen molar-refractivity contribution in [3.05, 3.63) is 46.2 Å². The first-order valence-corrected chi connectivity index (χ1v) is 5.42. The maximum Gasteiger partial charge on any atom is 0.0819 e. The Bertz CT molecular complexity index is 500. The van der Waals surface area contributed by atoms with Crippen LogP contribution >= 0.6 is 11.6 Å². The van der Waals surface area contributed by atoms with Crippen molar-refractivity contribution >= 4 is 11.6 Å². The van der Waals surface area contributed by atoms with E-state index in [4.69, 9.17) is 16.7 Å². The van der Waals surface area contributed by atoms with Crippen molar-refractivity contribution in [2.24, 2.45) is 0 Å². The van der Waals surface area contributed by atoms with Crippen LogP contribution in [0.5, 0.6) is 0 Å². The Balaban J connectivity index is 2.48. The highest BCUT2D eigenvalue weighted by atomic mass is 35.5. The van der Waals surface area contributed by atoms with Crippen LogP contribution in [0, 0.1) is 13.8 Å². The van der Waals surface area contributed by atoms with Gasteiger partial charge >= 0.3 is 0 Å². The van der Waals surface area contributed by atoms with Gasteiger partial charge in [-0.25, -0.2) is 4.68 Å². The molecule has 0 unspecified atom stereocenters. The number of rotatable bonds is 2. The summed E-state index contributed by atoms with van der Waals surface area (Å²) in [7, 11) is 0. The number of aryl methyl sites for hydroxylation is 2. The van der Waals surface area contributed by atoms with Crippen molar-refractivity contribution in [1.82, 2.24) is 9.78 Å². The zero-order chi connectivity index (χ0) is 11.7. The molecule has 1 aromatic carbocycles. The molecule has 3 nitrogen and oxygen atoms in total. The predicted octanol–water partition coefficient (Wildman–Crippen LogP) is 2.63. The molecule has 0 saturated heterocycles. The predicted molar refractivity (Wildman–Crippen MR) is 64.0 cm³/mol. The Morgan fingerprint density at radius 3 is 2.62 bits per heavy atom. The Morgan fingerprint density at radius 1 is 1.38 bits per heavy atom. The Morgan fingerprint density at radius 2 is 2.12 bits per heavy atom. The Kier molecular flexibility index (Phi) is 2.99. The van der Waals surface area contributed by atoms with Gasteiger partial charge in [0.15, 0.2) is 0 Å². The maximum atomic E-state index is 9.03. The van der Waals surface area contributed by atoms with E-state index in [1.807, 2.05) is 32.0 Å². The third-order valence-electron chi connectivity index (χ3n) is 2.53. The second kappa shape index (κ2) is 4.28. The van der Waals surface area contributed by atoms with Gasteiger partial charge in [0, 0.05) is 6.20 Å². The molecule has 1 N–H and O–H groups in total. The van der Waals surface area contributed by atoms with Gasteiger partial charge in [0.05, 0.1) is 23.0 Å². The SMILES string of the molecule is Cc1cc(CO)ccc1-n1cc(Cl)c(C)n1. The number of benzene rings is 1. The van der Waals surface area contributed by atoms with Crippen molar-refractivity contribution in [2.45, 2.75) is 20.5 Å². The fourth-order valence-electron chi connectivity index (χ4n) is 1.64. The molecule has 1 heterocycles.